The molecule has 17 heavy (non-hydrogen) atoms. The molecule has 2 rings (SSSR count). The number of rotatable bonds is 3. The highest BCUT2D eigenvalue weighted by Crippen LogP contribution is 2.33. The number of aryl methyl sites for hydroxylation is 1. The van der Waals surface area contributed by atoms with Crippen LogP contribution in [0.15, 0.2) is 24.3 Å². The minimum atomic E-state index is -0.226. The predicted octanol–water partition coefficient (Wildman–Crippen LogP) is 2.85. The van der Waals surface area contributed by atoms with Crippen LogP contribution in [0.25, 0.3) is 0 Å². The van der Waals surface area contributed by atoms with Gasteiger partial charge in [-0.25, -0.2) is 0 Å². The van der Waals surface area contributed by atoms with Crippen LogP contribution in [0.4, 0.5) is 0 Å². The zero-order valence-electron chi connectivity index (χ0n) is 10.9. The number of hydrogen-bond acceptors (Lipinski definition) is 2. The third kappa shape index (κ3) is 2.70. The third-order valence-corrected chi connectivity index (χ3v) is 4.05. The van der Waals surface area contributed by atoms with Gasteiger partial charge in [-0.2, -0.15) is 0 Å². The maximum absolute atomic E-state index is 6.55. The molecule has 1 heterocycles. The molecular formula is C15H23NO. The number of ether oxygens (including phenoxy) is 1. The Balaban J connectivity index is 2.17. The Labute approximate surface area is 104 Å². The molecule has 1 aromatic carbocycles. The van der Waals surface area contributed by atoms with E-state index in [1.165, 1.54) is 11.1 Å². The summed E-state index contributed by atoms with van der Waals surface area (Å²) in [6.07, 6.45) is 3.23. The summed E-state index contributed by atoms with van der Waals surface area (Å²) >= 11 is 0. The van der Waals surface area contributed by atoms with Crippen LogP contribution in [-0.2, 0) is 16.7 Å². The van der Waals surface area contributed by atoms with E-state index in [9.17, 15) is 0 Å². The molecule has 94 valence electrons. The van der Waals surface area contributed by atoms with Crippen LogP contribution in [0.1, 0.15) is 37.8 Å². The fraction of sp³-hybridized carbons (Fsp3) is 0.600. The van der Waals surface area contributed by atoms with Crippen molar-refractivity contribution in [2.45, 2.75) is 38.6 Å². The molecule has 1 aliphatic heterocycles. The summed E-state index contributed by atoms with van der Waals surface area (Å²) < 4.78 is 5.41. The second-order valence-corrected chi connectivity index (χ2v) is 5.22. The van der Waals surface area contributed by atoms with Gasteiger partial charge < -0.3 is 10.5 Å². The average Bonchev–Trinajstić information content (AvgIpc) is 2.40. The van der Waals surface area contributed by atoms with Gasteiger partial charge in [0.25, 0.3) is 0 Å². The lowest BCUT2D eigenvalue weighted by atomic mass is 9.76. The molecule has 0 aliphatic carbocycles. The molecule has 1 atom stereocenters. The van der Waals surface area contributed by atoms with E-state index >= 15 is 0 Å². The normalized spacial score (nSPS) is 21.1. The summed E-state index contributed by atoms with van der Waals surface area (Å²) in [7, 11) is 0. The van der Waals surface area contributed by atoms with E-state index in [4.69, 9.17) is 10.5 Å². The second kappa shape index (κ2) is 5.19. The van der Waals surface area contributed by atoms with Crippen LogP contribution in [-0.4, -0.2) is 13.2 Å². The van der Waals surface area contributed by atoms with Crippen molar-refractivity contribution < 1.29 is 4.74 Å². The first-order chi connectivity index (χ1) is 8.14. The molecule has 1 fully saturated rings. The van der Waals surface area contributed by atoms with Gasteiger partial charge in [0.2, 0.25) is 0 Å². The highest BCUT2D eigenvalue weighted by Gasteiger charge is 2.32. The van der Waals surface area contributed by atoms with Crippen LogP contribution < -0.4 is 5.73 Å². The highest BCUT2D eigenvalue weighted by atomic mass is 16.5. The Kier molecular flexibility index (Phi) is 3.85. The van der Waals surface area contributed by atoms with Crippen molar-refractivity contribution in [3.8, 4) is 0 Å². The van der Waals surface area contributed by atoms with Crippen molar-refractivity contribution in [2.75, 3.05) is 13.2 Å². The lowest BCUT2D eigenvalue weighted by molar-refractivity contribution is 0.0412. The molecule has 2 nitrogen and oxygen atoms in total. The largest absolute Gasteiger partial charge is 0.381 e. The molecule has 0 radical (unpaired) electrons. The van der Waals surface area contributed by atoms with Crippen LogP contribution in [0.2, 0.25) is 0 Å². The topological polar surface area (TPSA) is 35.2 Å². The van der Waals surface area contributed by atoms with Gasteiger partial charge in [0.15, 0.2) is 0 Å². The van der Waals surface area contributed by atoms with Crippen molar-refractivity contribution in [2.24, 2.45) is 11.7 Å². The van der Waals surface area contributed by atoms with E-state index < -0.39 is 0 Å². The molecule has 0 saturated carbocycles. The van der Waals surface area contributed by atoms with E-state index in [1.54, 1.807) is 0 Å². The number of nitrogens with two attached hydrogens (primary N) is 1. The number of benzene rings is 1. The zero-order valence-corrected chi connectivity index (χ0v) is 10.9. The summed E-state index contributed by atoms with van der Waals surface area (Å²) in [5.74, 6) is 0.531. The van der Waals surface area contributed by atoms with Crippen molar-refractivity contribution in [3.63, 3.8) is 0 Å². The van der Waals surface area contributed by atoms with E-state index in [0.717, 1.165) is 32.5 Å². The minimum Gasteiger partial charge on any atom is -0.381 e. The van der Waals surface area contributed by atoms with Gasteiger partial charge in [0, 0.05) is 18.8 Å². The first kappa shape index (κ1) is 12.6. The van der Waals surface area contributed by atoms with E-state index in [2.05, 4.69) is 38.1 Å². The molecule has 0 spiro atoms. The molecule has 2 N–H and O–H groups in total. The summed E-state index contributed by atoms with van der Waals surface area (Å²) in [5.41, 5.74) is 8.95. The van der Waals surface area contributed by atoms with Crippen LogP contribution in [0, 0.1) is 5.92 Å². The Bertz CT molecular complexity index is 350. The first-order valence-corrected chi connectivity index (χ1v) is 6.60. The lowest BCUT2D eigenvalue weighted by Gasteiger charge is -2.37. The van der Waals surface area contributed by atoms with Crippen LogP contribution in [0.5, 0.6) is 0 Å². The van der Waals surface area contributed by atoms with Crippen molar-refractivity contribution in [3.05, 3.63) is 35.4 Å². The minimum absolute atomic E-state index is 0.226. The Hall–Kier alpha value is -0.860. The summed E-state index contributed by atoms with van der Waals surface area (Å²) in [6.45, 7) is 6.04. The van der Waals surface area contributed by atoms with Gasteiger partial charge in [0.05, 0.1) is 0 Å². The Morgan fingerprint density at radius 3 is 2.35 bits per heavy atom. The zero-order chi connectivity index (χ0) is 12.3. The Morgan fingerprint density at radius 1 is 1.24 bits per heavy atom. The van der Waals surface area contributed by atoms with Gasteiger partial charge in [-0.3, -0.25) is 0 Å². The third-order valence-electron chi connectivity index (χ3n) is 4.05. The predicted molar refractivity (Wildman–Crippen MR) is 70.9 cm³/mol. The highest BCUT2D eigenvalue weighted by molar-refractivity contribution is 5.28. The Morgan fingerprint density at radius 2 is 1.82 bits per heavy atom. The van der Waals surface area contributed by atoms with Crippen molar-refractivity contribution in [1.29, 1.82) is 0 Å². The molecule has 1 saturated heterocycles. The van der Waals surface area contributed by atoms with Crippen LogP contribution in [0.3, 0.4) is 0 Å². The fourth-order valence-electron chi connectivity index (χ4n) is 2.63. The maximum Gasteiger partial charge on any atom is 0.0469 e. The van der Waals surface area contributed by atoms with Gasteiger partial charge in [-0.1, -0.05) is 31.2 Å². The quantitative estimate of drug-likeness (QED) is 0.871. The molecule has 0 aromatic heterocycles. The smallest absolute Gasteiger partial charge is 0.0469 e. The molecular weight excluding hydrogens is 210 g/mol. The van der Waals surface area contributed by atoms with Crippen molar-refractivity contribution >= 4 is 0 Å². The van der Waals surface area contributed by atoms with Gasteiger partial charge >= 0.3 is 0 Å². The van der Waals surface area contributed by atoms with Crippen LogP contribution >= 0.6 is 0 Å². The van der Waals surface area contributed by atoms with E-state index in [1.807, 2.05) is 0 Å². The molecule has 0 amide bonds. The SMILES string of the molecule is CCc1ccc(C(C)(N)C2CCOCC2)cc1. The standard InChI is InChI=1S/C15H23NO/c1-3-12-4-6-13(7-5-12)15(2,16)14-8-10-17-11-9-14/h4-7,14H,3,8-11,16H2,1-2H3. The van der Waals surface area contributed by atoms with Gasteiger partial charge in [-0.05, 0) is 43.2 Å². The maximum atomic E-state index is 6.55. The number of hydrogen-bond donors (Lipinski definition) is 1. The molecule has 2 heteroatoms. The molecule has 1 aliphatic rings. The first-order valence-electron chi connectivity index (χ1n) is 6.60. The van der Waals surface area contributed by atoms with E-state index in [0.29, 0.717) is 5.92 Å². The summed E-state index contributed by atoms with van der Waals surface area (Å²) in [4.78, 5) is 0. The molecule has 0 bridgehead atoms. The van der Waals surface area contributed by atoms with E-state index in [-0.39, 0.29) is 5.54 Å². The van der Waals surface area contributed by atoms with Crippen molar-refractivity contribution in [1.82, 2.24) is 0 Å². The summed E-state index contributed by atoms with van der Waals surface area (Å²) in [6, 6.07) is 8.77. The summed E-state index contributed by atoms with van der Waals surface area (Å²) in [5, 5.41) is 0. The monoisotopic (exact) mass is 233 g/mol. The lowest BCUT2D eigenvalue weighted by Crippen LogP contribution is -2.43. The van der Waals surface area contributed by atoms with Gasteiger partial charge in [0.1, 0.15) is 0 Å². The van der Waals surface area contributed by atoms with Gasteiger partial charge in [-0.15, -0.1) is 0 Å². The second-order valence-electron chi connectivity index (χ2n) is 5.22. The molecule has 1 aromatic rings. The fourth-order valence-corrected chi connectivity index (χ4v) is 2.63. The molecule has 1 unspecified atom stereocenters. The average molecular weight is 233 g/mol.